The van der Waals surface area contributed by atoms with Gasteiger partial charge in [0.1, 0.15) is 10.0 Å². The Morgan fingerprint density at radius 2 is 2.14 bits per heavy atom. The molecule has 3 rings (SSSR count). The van der Waals surface area contributed by atoms with Crippen LogP contribution < -0.4 is 0 Å². The highest BCUT2D eigenvalue weighted by molar-refractivity contribution is 7.89. The predicted molar refractivity (Wildman–Crippen MR) is 81.8 cm³/mol. The molecular formula is C14H20ClN3O2S. The summed E-state index contributed by atoms with van der Waals surface area (Å²) in [5, 5.41) is 0.0559. The molecule has 2 atom stereocenters. The van der Waals surface area contributed by atoms with Gasteiger partial charge in [-0.2, -0.15) is 4.31 Å². The minimum Gasteiger partial charge on any atom is -0.303 e. The van der Waals surface area contributed by atoms with E-state index < -0.39 is 10.0 Å². The average molecular weight is 330 g/mol. The molecule has 0 aromatic carbocycles. The van der Waals surface area contributed by atoms with Gasteiger partial charge in [0.05, 0.1) is 0 Å². The lowest BCUT2D eigenvalue weighted by molar-refractivity contribution is 0.0671. The quantitative estimate of drug-likeness (QED) is 0.777. The second-order valence-corrected chi connectivity index (χ2v) is 8.16. The molecule has 1 aromatic rings. The van der Waals surface area contributed by atoms with E-state index in [0.29, 0.717) is 25.0 Å². The molecule has 0 aliphatic carbocycles. The zero-order valence-electron chi connectivity index (χ0n) is 12.1. The van der Waals surface area contributed by atoms with Gasteiger partial charge in [0.15, 0.2) is 0 Å². The van der Waals surface area contributed by atoms with E-state index in [4.69, 9.17) is 11.6 Å². The van der Waals surface area contributed by atoms with Gasteiger partial charge in [-0.3, -0.25) is 0 Å². The Morgan fingerprint density at radius 1 is 1.33 bits per heavy atom. The number of nitrogens with zero attached hydrogens (tertiary/aromatic N) is 3. The van der Waals surface area contributed by atoms with Crippen LogP contribution in [0.5, 0.6) is 0 Å². The number of piperidine rings is 2. The SMILES string of the molecule is CN1CCCC2CN(S(=O)(=O)c3cccnc3Cl)CCC21. The van der Waals surface area contributed by atoms with E-state index in [9.17, 15) is 8.42 Å². The van der Waals surface area contributed by atoms with Crippen molar-refractivity contribution in [2.45, 2.75) is 30.2 Å². The summed E-state index contributed by atoms with van der Waals surface area (Å²) in [6.07, 6.45) is 4.63. The van der Waals surface area contributed by atoms with Gasteiger partial charge in [0.25, 0.3) is 0 Å². The van der Waals surface area contributed by atoms with E-state index in [1.807, 2.05) is 0 Å². The fourth-order valence-corrected chi connectivity index (χ4v) is 5.48. The van der Waals surface area contributed by atoms with E-state index in [-0.39, 0.29) is 10.0 Å². The van der Waals surface area contributed by atoms with Gasteiger partial charge in [-0.15, -0.1) is 0 Å². The van der Waals surface area contributed by atoms with Crippen molar-refractivity contribution < 1.29 is 8.42 Å². The van der Waals surface area contributed by atoms with Crippen LogP contribution in [-0.2, 0) is 10.0 Å². The van der Waals surface area contributed by atoms with Crippen LogP contribution in [0.3, 0.4) is 0 Å². The van der Waals surface area contributed by atoms with E-state index in [1.54, 1.807) is 10.4 Å². The third kappa shape index (κ3) is 2.82. The number of hydrogen-bond donors (Lipinski definition) is 0. The summed E-state index contributed by atoms with van der Waals surface area (Å²) in [6, 6.07) is 3.65. The smallest absolute Gasteiger partial charge is 0.246 e. The van der Waals surface area contributed by atoms with Crippen LogP contribution in [0.15, 0.2) is 23.2 Å². The largest absolute Gasteiger partial charge is 0.303 e. The topological polar surface area (TPSA) is 53.5 Å². The van der Waals surface area contributed by atoms with Crippen molar-refractivity contribution in [1.82, 2.24) is 14.2 Å². The molecule has 3 heterocycles. The number of halogens is 1. The van der Waals surface area contributed by atoms with Crippen LogP contribution >= 0.6 is 11.6 Å². The van der Waals surface area contributed by atoms with Crippen molar-refractivity contribution in [3.8, 4) is 0 Å². The van der Waals surface area contributed by atoms with Gasteiger partial charge in [-0.25, -0.2) is 13.4 Å². The molecule has 2 aliphatic rings. The normalized spacial score (nSPS) is 28.3. The number of pyridine rings is 1. The maximum absolute atomic E-state index is 12.8. The third-order valence-electron chi connectivity index (χ3n) is 4.65. The zero-order chi connectivity index (χ0) is 15.0. The van der Waals surface area contributed by atoms with Crippen LogP contribution in [-0.4, -0.2) is 55.3 Å². The fraction of sp³-hybridized carbons (Fsp3) is 0.643. The highest BCUT2D eigenvalue weighted by atomic mass is 35.5. The van der Waals surface area contributed by atoms with Crippen LogP contribution in [0.25, 0.3) is 0 Å². The van der Waals surface area contributed by atoms with E-state index in [1.165, 1.54) is 12.3 Å². The van der Waals surface area contributed by atoms with E-state index in [0.717, 1.165) is 25.8 Å². The Labute approximate surface area is 131 Å². The Kier molecular flexibility index (Phi) is 4.23. The van der Waals surface area contributed by atoms with Crippen molar-refractivity contribution in [2.24, 2.45) is 5.92 Å². The summed E-state index contributed by atoms with van der Waals surface area (Å²) >= 11 is 5.96. The molecule has 116 valence electrons. The zero-order valence-corrected chi connectivity index (χ0v) is 13.6. The summed E-state index contributed by atoms with van der Waals surface area (Å²) in [7, 11) is -1.40. The maximum Gasteiger partial charge on any atom is 0.246 e. The average Bonchev–Trinajstić information content (AvgIpc) is 2.47. The molecule has 21 heavy (non-hydrogen) atoms. The van der Waals surface area contributed by atoms with Gasteiger partial charge < -0.3 is 4.90 Å². The number of sulfonamides is 1. The molecule has 7 heteroatoms. The molecule has 0 saturated carbocycles. The van der Waals surface area contributed by atoms with Gasteiger partial charge in [0.2, 0.25) is 10.0 Å². The Balaban J connectivity index is 1.83. The van der Waals surface area contributed by atoms with Crippen molar-refractivity contribution in [3.05, 3.63) is 23.5 Å². The second-order valence-electron chi connectivity index (χ2n) is 5.89. The Hall–Kier alpha value is -0.690. The first-order chi connectivity index (χ1) is 10.00. The highest BCUT2D eigenvalue weighted by Crippen LogP contribution is 2.33. The van der Waals surface area contributed by atoms with Crippen LogP contribution in [0.2, 0.25) is 5.15 Å². The third-order valence-corrected chi connectivity index (χ3v) is 6.96. The molecule has 0 spiro atoms. The van der Waals surface area contributed by atoms with Gasteiger partial charge in [-0.05, 0) is 50.9 Å². The minimum atomic E-state index is -3.54. The Morgan fingerprint density at radius 3 is 2.90 bits per heavy atom. The van der Waals surface area contributed by atoms with Crippen molar-refractivity contribution in [3.63, 3.8) is 0 Å². The lowest BCUT2D eigenvalue weighted by Crippen LogP contribution is -2.53. The summed E-state index contributed by atoms with van der Waals surface area (Å²) in [6.45, 7) is 2.25. The van der Waals surface area contributed by atoms with E-state index >= 15 is 0 Å². The lowest BCUT2D eigenvalue weighted by Gasteiger charge is -2.45. The molecule has 2 saturated heterocycles. The van der Waals surface area contributed by atoms with Crippen molar-refractivity contribution >= 4 is 21.6 Å². The molecule has 1 aromatic heterocycles. The first kappa shape index (κ1) is 15.2. The van der Waals surface area contributed by atoms with Crippen molar-refractivity contribution in [1.29, 1.82) is 0 Å². The summed E-state index contributed by atoms with van der Waals surface area (Å²) in [4.78, 5) is 6.38. The standard InChI is InChI=1S/C14H20ClN3O2S/c1-17-8-3-4-11-10-18(9-6-12(11)17)21(19,20)13-5-2-7-16-14(13)15/h2,5,7,11-12H,3-4,6,8-10H2,1H3. The van der Waals surface area contributed by atoms with Crippen molar-refractivity contribution in [2.75, 3.05) is 26.7 Å². The number of hydrogen-bond acceptors (Lipinski definition) is 4. The van der Waals surface area contributed by atoms with Gasteiger partial charge >= 0.3 is 0 Å². The minimum absolute atomic E-state index is 0.0559. The molecule has 0 amide bonds. The Bertz CT molecular complexity index is 622. The monoisotopic (exact) mass is 329 g/mol. The molecular weight excluding hydrogens is 310 g/mol. The molecule has 0 bridgehead atoms. The molecule has 5 nitrogen and oxygen atoms in total. The first-order valence-electron chi connectivity index (χ1n) is 7.31. The number of rotatable bonds is 2. The molecule has 2 unspecified atom stereocenters. The molecule has 2 aliphatic heterocycles. The molecule has 2 fully saturated rings. The van der Waals surface area contributed by atoms with E-state index in [2.05, 4.69) is 16.9 Å². The first-order valence-corrected chi connectivity index (χ1v) is 9.13. The summed E-state index contributed by atoms with van der Waals surface area (Å²) < 4.78 is 27.1. The second kappa shape index (κ2) is 5.83. The number of likely N-dealkylation sites (tertiary alicyclic amines) is 1. The van der Waals surface area contributed by atoms with Crippen LogP contribution in [0.4, 0.5) is 0 Å². The highest BCUT2D eigenvalue weighted by Gasteiger charge is 2.39. The van der Waals surface area contributed by atoms with Crippen LogP contribution in [0, 0.1) is 5.92 Å². The van der Waals surface area contributed by atoms with Crippen LogP contribution in [0.1, 0.15) is 19.3 Å². The molecule has 0 N–H and O–H groups in total. The summed E-state index contributed by atoms with van der Waals surface area (Å²) in [5.41, 5.74) is 0. The van der Waals surface area contributed by atoms with Gasteiger partial charge in [0, 0.05) is 25.3 Å². The maximum atomic E-state index is 12.8. The fourth-order valence-electron chi connectivity index (χ4n) is 3.54. The predicted octanol–water partition coefficient (Wildman–Crippen LogP) is 1.84. The van der Waals surface area contributed by atoms with Gasteiger partial charge in [-0.1, -0.05) is 11.6 Å². The lowest BCUT2D eigenvalue weighted by atomic mass is 9.85. The summed E-state index contributed by atoms with van der Waals surface area (Å²) in [5.74, 6) is 0.419. The number of aromatic nitrogens is 1. The molecule has 0 radical (unpaired) electrons. The number of fused-ring (bicyclic) bond motifs is 1.